The van der Waals surface area contributed by atoms with Crippen LogP contribution in [-0.2, 0) is 19.1 Å². The van der Waals surface area contributed by atoms with Gasteiger partial charge in [0.1, 0.15) is 6.04 Å². The van der Waals surface area contributed by atoms with Crippen molar-refractivity contribution >= 4 is 61.7 Å². The van der Waals surface area contributed by atoms with Crippen molar-refractivity contribution in [2.24, 2.45) is 17.1 Å². The first-order valence-corrected chi connectivity index (χ1v) is 20.6. The molecule has 0 saturated carbocycles. The molecule has 55 heavy (non-hydrogen) atoms. The number of likely N-dealkylation sites (tertiary alicyclic amines) is 1. The lowest BCUT2D eigenvalue weighted by Crippen LogP contribution is -2.47. The molecule has 4 heterocycles. The predicted octanol–water partition coefficient (Wildman–Crippen LogP) is 4.82. The van der Waals surface area contributed by atoms with Crippen molar-refractivity contribution in [1.29, 1.82) is 0 Å². The largest absolute Gasteiger partial charge is 0.391 e. The van der Waals surface area contributed by atoms with E-state index in [9.17, 15) is 24.3 Å². The number of aliphatic hydroxyl groups excluding tert-OH is 1. The summed E-state index contributed by atoms with van der Waals surface area (Å²) < 4.78 is 6.40. The molecule has 6 rings (SSSR count). The summed E-state index contributed by atoms with van der Waals surface area (Å²) in [5, 5.41) is 17.4. The monoisotopic (exact) mass is 789 g/mol. The van der Waals surface area contributed by atoms with Crippen molar-refractivity contribution in [1.82, 2.24) is 25.5 Å². The van der Waals surface area contributed by atoms with E-state index in [1.807, 2.05) is 69.6 Å². The van der Waals surface area contributed by atoms with Crippen LogP contribution in [0, 0.1) is 18.3 Å². The van der Waals surface area contributed by atoms with E-state index < -0.39 is 29.4 Å². The molecule has 4 atom stereocenters. The molecule has 15 heteroatoms. The number of para-hydroxylation sites is 1. The van der Waals surface area contributed by atoms with Crippen LogP contribution in [0.2, 0.25) is 0 Å². The Morgan fingerprint density at radius 2 is 1.85 bits per heavy atom. The number of anilines is 1. The summed E-state index contributed by atoms with van der Waals surface area (Å²) in [5.41, 5.74) is 11.2. The molecule has 2 aromatic heterocycles. The van der Waals surface area contributed by atoms with Crippen molar-refractivity contribution in [2.75, 3.05) is 44.3 Å². The lowest BCUT2D eigenvalue weighted by molar-refractivity contribution is -0.140. The number of aliphatic hydroxyl groups is 1. The fourth-order valence-electron chi connectivity index (χ4n) is 7.48. The third kappa shape index (κ3) is 9.87. The Balaban J connectivity index is 0.994. The highest BCUT2D eigenvalue weighted by molar-refractivity contribution is 7.22. The van der Waals surface area contributed by atoms with Crippen molar-refractivity contribution < 1.29 is 29.0 Å². The SMILES string of the molecule is Cc1ncsc1-c1ccc([C@H](C)NC(=O)[C@@H]2C[C@@H](O)CN2C(=O)CC(C)(C)CC(CCCNC(=O)c2cccc3sc(N4CCOCC4)nc23)C(N)=O)cc1. The topological polar surface area (TPSA) is 180 Å². The van der Waals surface area contributed by atoms with Gasteiger partial charge in [0.2, 0.25) is 17.7 Å². The van der Waals surface area contributed by atoms with Gasteiger partial charge in [-0.15, -0.1) is 11.3 Å². The van der Waals surface area contributed by atoms with Crippen LogP contribution in [0.3, 0.4) is 0 Å². The number of carbonyl (C=O) groups excluding carboxylic acids is 4. The zero-order chi connectivity index (χ0) is 39.3. The minimum Gasteiger partial charge on any atom is -0.391 e. The highest BCUT2D eigenvalue weighted by Crippen LogP contribution is 2.35. The van der Waals surface area contributed by atoms with Gasteiger partial charge in [0, 0.05) is 44.9 Å². The van der Waals surface area contributed by atoms with Gasteiger partial charge in [0.15, 0.2) is 5.13 Å². The molecule has 4 amide bonds. The molecule has 0 spiro atoms. The van der Waals surface area contributed by atoms with Crippen molar-refractivity contribution in [3.05, 3.63) is 64.8 Å². The second-order valence-corrected chi connectivity index (χ2v) is 17.2. The fraction of sp³-hybridized carbons (Fsp3) is 0.500. The summed E-state index contributed by atoms with van der Waals surface area (Å²) >= 11 is 3.14. The number of hydrogen-bond donors (Lipinski definition) is 4. The average molecular weight is 790 g/mol. The number of rotatable bonds is 15. The van der Waals surface area contributed by atoms with Crippen molar-refractivity contribution in [2.45, 2.75) is 78.0 Å². The Kier molecular flexibility index (Phi) is 12.9. The van der Waals surface area contributed by atoms with E-state index in [2.05, 4.69) is 20.5 Å². The molecule has 2 aromatic carbocycles. The molecule has 2 saturated heterocycles. The Morgan fingerprint density at radius 1 is 1.11 bits per heavy atom. The number of nitrogens with zero attached hydrogens (tertiary/aromatic N) is 4. The number of aromatic nitrogens is 2. The lowest BCUT2D eigenvalue weighted by Gasteiger charge is -2.32. The van der Waals surface area contributed by atoms with Crippen LogP contribution in [0.25, 0.3) is 20.7 Å². The summed E-state index contributed by atoms with van der Waals surface area (Å²) in [4.78, 5) is 66.9. The number of hydrogen-bond acceptors (Lipinski definition) is 11. The summed E-state index contributed by atoms with van der Waals surface area (Å²) in [7, 11) is 0. The van der Waals surface area contributed by atoms with Crippen LogP contribution in [0.15, 0.2) is 48.0 Å². The van der Waals surface area contributed by atoms with Gasteiger partial charge in [-0.2, -0.15) is 0 Å². The molecule has 0 radical (unpaired) electrons. The molecule has 1 unspecified atom stereocenters. The van der Waals surface area contributed by atoms with Gasteiger partial charge in [-0.05, 0) is 61.8 Å². The van der Waals surface area contributed by atoms with E-state index in [1.54, 1.807) is 28.7 Å². The summed E-state index contributed by atoms with van der Waals surface area (Å²) in [6.07, 6.45) is 0.708. The van der Waals surface area contributed by atoms with Crippen molar-refractivity contribution in [3.8, 4) is 10.4 Å². The highest BCUT2D eigenvalue weighted by Gasteiger charge is 2.41. The number of amides is 4. The molecule has 294 valence electrons. The quantitative estimate of drug-likeness (QED) is 0.123. The van der Waals surface area contributed by atoms with Crippen LogP contribution in [-0.4, -0.2) is 95.1 Å². The molecule has 2 aliphatic rings. The van der Waals surface area contributed by atoms with Crippen LogP contribution in [0.1, 0.15) is 80.5 Å². The number of thiazole rings is 2. The number of morpholine rings is 1. The third-order valence-corrected chi connectivity index (χ3v) is 12.5. The number of carbonyl (C=O) groups is 4. The number of primary amides is 1. The summed E-state index contributed by atoms with van der Waals surface area (Å²) in [5.74, 6) is -1.80. The molecule has 0 bridgehead atoms. The minimum atomic E-state index is -0.817. The molecule has 0 aliphatic carbocycles. The second kappa shape index (κ2) is 17.6. The van der Waals surface area contributed by atoms with Crippen LogP contribution in [0.4, 0.5) is 5.13 Å². The van der Waals surface area contributed by atoms with Gasteiger partial charge in [-0.1, -0.05) is 55.5 Å². The smallest absolute Gasteiger partial charge is 0.253 e. The number of nitrogens with two attached hydrogens (primary N) is 1. The average Bonchev–Trinajstić information content (AvgIpc) is 3.91. The third-order valence-electron chi connectivity index (χ3n) is 10.5. The maximum absolute atomic E-state index is 13.7. The number of benzene rings is 2. The lowest BCUT2D eigenvalue weighted by atomic mass is 9.78. The molecule has 2 fully saturated rings. The molecule has 2 aliphatic heterocycles. The van der Waals surface area contributed by atoms with E-state index in [4.69, 9.17) is 15.5 Å². The number of β-amino-alcohol motifs (C(OH)–C–C–N with tert-alkyl or cyclic N) is 1. The standard InChI is InChI=1S/C40H51N7O6S2/c1-24(26-10-12-27(13-11-26)35-25(2)43-23-54-35)44-38(52)31-19-29(48)22-47(31)33(49)21-40(3,4)20-28(36(41)50)7-6-14-42-37(51)30-8-5-9-32-34(30)45-39(55-32)46-15-17-53-18-16-46/h5,8-13,23-24,28-29,31,48H,6-7,14-22H2,1-4H3,(H2,41,50)(H,42,51)(H,44,52)/t24-,28?,29+,31-/m0/s1. The van der Waals surface area contributed by atoms with Gasteiger partial charge in [0.25, 0.3) is 5.91 Å². The molecular weight excluding hydrogens is 739 g/mol. The first-order valence-electron chi connectivity index (χ1n) is 18.9. The Labute approximate surface area is 329 Å². The summed E-state index contributed by atoms with van der Waals surface area (Å²) in [6, 6.07) is 12.4. The van der Waals surface area contributed by atoms with Gasteiger partial charge in [0.05, 0.1) is 57.2 Å². The predicted molar refractivity (Wildman–Crippen MR) is 215 cm³/mol. The highest BCUT2D eigenvalue weighted by atomic mass is 32.1. The van der Waals surface area contributed by atoms with Crippen LogP contribution < -0.4 is 21.3 Å². The molecule has 13 nitrogen and oxygen atoms in total. The van der Waals surface area contributed by atoms with Crippen LogP contribution >= 0.6 is 22.7 Å². The van der Waals surface area contributed by atoms with E-state index >= 15 is 0 Å². The van der Waals surface area contributed by atoms with E-state index in [0.29, 0.717) is 50.1 Å². The van der Waals surface area contributed by atoms with Gasteiger partial charge < -0.3 is 36.0 Å². The normalized spacial score (nSPS) is 18.6. The van der Waals surface area contributed by atoms with E-state index in [-0.39, 0.29) is 43.1 Å². The van der Waals surface area contributed by atoms with Gasteiger partial charge in [-0.25, -0.2) is 9.97 Å². The van der Waals surface area contributed by atoms with Crippen molar-refractivity contribution in [3.63, 3.8) is 0 Å². The fourth-order valence-corrected chi connectivity index (χ4v) is 9.34. The molecule has 5 N–H and O–H groups in total. The second-order valence-electron chi connectivity index (χ2n) is 15.4. The first-order chi connectivity index (χ1) is 26.3. The molecular formula is C40H51N7O6S2. The van der Waals surface area contributed by atoms with Gasteiger partial charge in [-0.3, -0.25) is 19.2 Å². The Morgan fingerprint density at radius 3 is 2.55 bits per heavy atom. The Hall–Kier alpha value is -4.44. The van der Waals surface area contributed by atoms with E-state index in [0.717, 1.165) is 44.6 Å². The van der Waals surface area contributed by atoms with E-state index in [1.165, 1.54) is 4.90 Å². The number of ether oxygens (including phenoxy) is 1. The van der Waals surface area contributed by atoms with Gasteiger partial charge >= 0.3 is 0 Å². The first kappa shape index (κ1) is 40.2. The Bertz CT molecular complexity index is 1990. The zero-order valence-corrected chi connectivity index (χ0v) is 33.5. The number of aryl methyl sites for hydroxylation is 1. The maximum atomic E-state index is 13.7. The maximum Gasteiger partial charge on any atom is 0.253 e. The zero-order valence-electron chi connectivity index (χ0n) is 31.9. The van der Waals surface area contributed by atoms with Crippen LogP contribution in [0.5, 0.6) is 0 Å². The minimum absolute atomic E-state index is 0.0619. The molecule has 4 aromatic rings. The summed E-state index contributed by atoms with van der Waals surface area (Å²) in [6.45, 7) is 10.9. The number of fused-ring (bicyclic) bond motifs is 1. The number of nitrogens with one attached hydrogen (secondary N) is 2.